The molecular weight excluding hydrogens is 528 g/mol. The van der Waals surface area contributed by atoms with Crippen molar-refractivity contribution in [3.63, 3.8) is 0 Å². The lowest BCUT2D eigenvalue weighted by Crippen LogP contribution is -2.37. The molecule has 0 saturated carbocycles. The van der Waals surface area contributed by atoms with Crippen LogP contribution in [0.25, 0.3) is 65.0 Å². The van der Waals surface area contributed by atoms with Crippen LogP contribution in [0.1, 0.15) is 0 Å². The first-order chi connectivity index (χ1) is 17.9. The molecule has 0 saturated heterocycles. The number of hydrogen-bond donors (Lipinski definition) is 0. The largest absolute Gasteiger partial charge is 0.0776 e. The maximum Gasteiger partial charge on any atom is 0.0776 e. The molecule has 0 radical (unpaired) electrons. The summed E-state index contributed by atoms with van der Waals surface area (Å²) in [6.07, 6.45) is 0. The Bertz CT molecular complexity index is 2030. The second-order valence-electron chi connectivity index (χ2n) is 11.1. The zero-order valence-corrected chi connectivity index (χ0v) is 23.9. The molecule has 0 aliphatic heterocycles. The summed E-state index contributed by atoms with van der Waals surface area (Å²) < 4.78 is 1.15. The van der Waals surface area contributed by atoms with E-state index in [2.05, 4.69) is 145 Å². The molecule has 0 nitrogen and oxygen atoms in total. The predicted molar refractivity (Wildman–Crippen MR) is 170 cm³/mol. The van der Waals surface area contributed by atoms with Crippen LogP contribution in [0.15, 0.2) is 114 Å². The van der Waals surface area contributed by atoms with E-state index in [1.165, 1.54) is 70.2 Å². The van der Waals surface area contributed by atoms with Gasteiger partial charge in [-0.05, 0) is 83.2 Å². The molecule has 7 aromatic rings. The summed E-state index contributed by atoms with van der Waals surface area (Å²) in [6, 6.07) is 40.8. The van der Waals surface area contributed by atoms with Gasteiger partial charge in [0.25, 0.3) is 0 Å². The monoisotopic (exact) mass is 554 g/mol. The summed E-state index contributed by atoms with van der Waals surface area (Å²) in [4.78, 5) is 0. The van der Waals surface area contributed by atoms with Crippen LogP contribution < -0.4 is 5.19 Å². The van der Waals surface area contributed by atoms with Gasteiger partial charge in [-0.3, -0.25) is 0 Å². The quantitative estimate of drug-likeness (QED) is 0.147. The molecule has 0 spiro atoms. The number of fused-ring (bicyclic) bond motifs is 9. The van der Waals surface area contributed by atoms with Crippen molar-refractivity contribution in [3.8, 4) is 11.1 Å². The van der Waals surface area contributed by atoms with Crippen molar-refractivity contribution >= 4 is 83.1 Å². The lowest BCUT2D eigenvalue weighted by molar-refractivity contribution is 1.67. The minimum Gasteiger partial charge on any atom is -0.0656 e. The van der Waals surface area contributed by atoms with Crippen molar-refractivity contribution in [1.82, 2.24) is 0 Å². The molecule has 0 amide bonds. The predicted octanol–water partition coefficient (Wildman–Crippen LogP) is 10.4. The summed E-state index contributed by atoms with van der Waals surface area (Å²) in [6.45, 7) is 7.25. The van der Waals surface area contributed by atoms with Gasteiger partial charge < -0.3 is 0 Å². The Morgan fingerprint density at radius 1 is 0.486 bits per heavy atom. The Morgan fingerprint density at radius 2 is 1.03 bits per heavy atom. The van der Waals surface area contributed by atoms with E-state index in [0.29, 0.717) is 0 Å². The minimum atomic E-state index is -1.42. The van der Waals surface area contributed by atoms with Gasteiger partial charge in [0, 0.05) is 4.47 Å². The van der Waals surface area contributed by atoms with Crippen molar-refractivity contribution in [2.45, 2.75) is 19.6 Å². The number of hydrogen-bond acceptors (Lipinski definition) is 0. The van der Waals surface area contributed by atoms with Crippen LogP contribution in [0.4, 0.5) is 0 Å². The second-order valence-corrected chi connectivity index (χ2v) is 17.1. The van der Waals surface area contributed by atoms with E-state index in [0.717, 1.165) is 4.47 Å². The normalized spacial score (nSPS) is 12.3. The van der Waals surface area contributed by atoms with E-state index in [1.54, 1.807) is 0 Å². The van der Waals surface area contributed by atoms with E-state index in [9.17, 15) is 0 Å². The van der Waals surface area contributed by atoms with E-state index in [4.69, 9.17) is 0 Å². The first kappa shape index (κ1) is 22.7. The number of rotatable bonds is 2. The Morgan fingerprint density at radius 3 is 1.68 bits per heavy atom. The smallest absolute Gasteiger partial charge is 0.0656 e. The SMILES string of the molecule is C[Si](C)(C)c1ccc2c(Br)cc(-c3cc4c5ccccc5c5ccccc5c4c4ccccc34)cc2c1. The van der Waals surface area contributed by atoms with Gasteiger partial charge in [-0.25, -0.2) is 0 Å². The van der Waals surface area contributed by atoms with Gasteiger partial charge in [-0.2, -0.15) is 0 Å². The highest BCUT2D eigenvalue weighted by Crippen LogP contribution is 2.43. The summed E-state index contributed by atoms with van der Waals surface area (Å²) >= 11 is 3.92. The molecule has 0 bridgehead atoms. The first-order valence-electron chi connectivity index (χ1n) is 12.9. The topological polar surface area (TPSA) is 0 Å². The fourth-order valence-electron chi connectivity index (χ4n) is 5.95. The van der Waals surface area contributed by atoms with Crippen LogP contribution in [0.5, 0.6) is 0 Å². The van der Waals surface area contributed by atoms with Crippen molar-refractivity contribution in [2.24, 2.45) is 0 Å². The second kappa shape index (κ2) is 8.27. The molecule has 7 rings (SSSR count). The van der Waals surface area contributed by atoms with E-state index >= 15 is 0 Å². The lowest BCUT2D eigenvalue weighted by Gasteiger charge is -2.19. The molecule has 0 aliphatic rings. The molecular formula is C35H27BrSi. The molecule has 0 aliphatic carbocycles. The Hall–Kier alpha value is -3.46. The molecule has 0 atom stereocenters. The highest BCUT2D eigenvalue weighted by Gasteiger charge is 2.18. The van der Waals surface area contributed by atoms with E-state index < -0.39 is 8.07 Å². The highest BCUT2D eigenvalue weighted by atomic mass is 79.9. The first-order valence-corrected chi connectivity index (χ1v) is 17.2. The van der Waals surface area contributed by atoms with Crippen molar-refractivity contribution < 1.29 is 0 Å². The third kappa shape index (κ3) is 3.54. The average Bonchev–Trinajstić information content (AvgIpc) is 2.91. The maximum absolute atomic E-state index is 3.92. The maximum atomic E-state index is 3.92. The highest BCUT2D eigenvalue weighted by molar-refractivity contribution is 9.10. The number of halogens is 1. The van der Waals surface area contributed by atoms with E-state index in [1.807, 2.05) is 0 Å². The van der Waals surface area contributed by atoms with Gasteiger partial charge in [0.1, 0.15) is 0 Å². The summed E-state index contributed by atoms with van der Waals surface area (Å²) in [5.74, 6) is 0. The minimum absolute atomic E-state index is 1.15. The van der Waals surface area contributed by atoms with Crippen LogP contribution in [0.2, 0.25) is 19.6 Å². The summed E-state index contributed by atoms with van der Waals surface area (Å²) in [7, 11) is -1.42. The molecule has 178 valence electrons. The zero-order valence-electron chi connectivity index (χ0n) is 21.3. The van der Waals surface area contributed by atoms with Crippen LogP contribution in [0.3, 0.4) is 0 Å². The Kier molecular flexibility index (Phi) is 5.08. The third-order valence-electron chi connectivity index (χ3n) is 7.83. The standard InChI is InChI=1S/C35H27BrSi/c1-37(2,3)24-16-17-25-22(19-24)18-23(20-34(25)36)32-21-33-28-12-5-4-10-26(28)27-11-6-8-14-30(27)35(33)31-15-9-7-13-29(31)32/h4-21H,1-3H3. The molecule has 0 N–H and O–H groups in total. The Balaban J connectivity index is 1.64. The molecule has 7 aromatic carbocycles. The van der Waals surface area contributed by atoms with Gasteiger partial charge >= 0.3 is 0 Å². The van der Waals surface area contributed by atoms with Gasteiger partial charge in [0.2, 0.25) is 0 Å². The third-order valence-corrected chi connectivity index (χ3v) is 10.5. The van der Waals surface area contributed by atoms with Crippen molar-refractivity contribution in [3.05, 3.63) is 114 Å². The fraction of sp³-hybridized carbons (Fsp3) is 0.0857. The van der Waals surface area contributed by atoms with Crippen LogP contribution >= 0.6 is 15.9 Å². The average molecular weight is 556 g/mol. The van der Waals surface area contributed by atoms with Gasteiger partial charge in [0.05, 0.1) is 8.07 Å². The zero-order chi connectivity index (χ0) is 25.3. The van der Waals surface area contributed by atoms with Crippen molar-refractivity contribution in [1.29, 1.82) is 0 Å². The molecule has 0 heterocycles. The van der Waals surface area contributed by atoms with Crippen LogP contribution in [0, 0.1) is 0 Å². The van der Waals surface area contributed by atoms with Gasteiger partial charge in [-0.1, -0.05) is 132 Å². The van der Waals surface area contributed by atoms with Gasteiger partial charge in [0.15, 0.2) is 0 Å². The lowest BCUT2D eigenvalue weighted by atomic mass is 9.87. The van der Waals surface area contributed by atoms with Crippen LogP contribution in [-0.2, 0) is 0 Å². The van der Waals surface area contributed by atoms with E-state index in [-0.39, 0.29) is 0 Å². The molecule has 37 heavy (non-hydrogen) atoms. The summed E-state index contributed by atoms with van der Waals surface area (Å²) in [5, 5.41) is 14.6. The van der Waals surface area contributed by atoms with Crippen LogP contribution in [-0.4, -0.2) is 8.07 Å². The van der Waals surface area contributed by atoms with Gasteiger partial charge in [-0.15, -0.1) is 0 Å². The molecule has 0 unspecified atom stereocenters. The Labute approximate surface area is 226 Å². The molecule has 0 fully saturated rings. The number of benzene rings is 7. The van der Waals surface area contributed by atoms with Crippen molar-refractivity contribution in [2.75, 3.05) is 0 Å². The summed E-state index contributed by atoms with van der Waals surface area (Å²) in [5.41, 5.74) is 2.53. The molecule has 0 aromatic heterocycles. The fourth-order valence-corrected chi connectivity index (χ4v) is 7.73. The molecule has 2 heteroatoms.